The van der Waals surface area contributed by atoms with Gasteiger partial charge in [0.1, 0.15) is 11.6 Å². The summed E-state index contributed by atoms with van der Waals surface area (Å²) in [7, 11) is -2.73. The number of sulfonamides is 1. The molecule has 1 amide bonds. The van der Waals surface area contributed by atoms with Gasteiger partial charge in [0.15, 0.2) is 0 Å². The lowest BCUT2D eigenvalue weighted by Gasteiger charge is -2.17. The van der Waals surface area contributed by atoms with Gasteiger partial charge < -0.3 is 5.32 Å². The Hall–Kier alpha value is -2.32. The van der Waals surface area contributed by atoms with E-state index < -0.39 is 34.1 Å². The first-order chi connectivity index (χ1) is 10.8. The molecule has 2 rings (SSSR count). The second-order valence-corrected chi connectivity index (χ2v) is 6.79. The van der Waals surface area contributed by atoms with Crippen molar-refractivity contribution in [3.8, 4) is 0 Å². The van der Waals surface area contributed by atoms with Crippen LogP contribution in [0.5, 0.6) is 0 Å². The van der Waals surface area contributed by atoms with E-state index in [0.29, 0.717) is 0 Å². The van der Waals surface area contributed by atoms with E-state index in [1.54, 1.807) is 0 Å². The summed E-state index contributed by atoms with van der Waals surface area (Å²) in [6.45, 7) is -0.506. The third kappa shape index (κ3) is 4.11. The SMILES string of the molecule is CN(CC(=O)Nc1ccccc1F)S(=O)(=O)c1ccc(F)cc1. The lowest BCUT2D eigenvalue weighted by molar-refractivity contribution is -0.116. The maximum Gasteiger partial charge on any atom is 0.243 e. The van der Waals surface area contributed by atoms with Gasteiger partial charge >= 0.3 is 0 Å². The largest absolute Gasteiger partial charge is 0.322 e. The van der Waals surface area contributed by atoms with Gasteiger partial charge in [-0.3, -0.25) is 4.79 Å². The zero-order chi connectivity index (χ0) is 17.0. The molecule has 0 unspecified atom stereocenters. The molecule has 23 heavy (non-hydrogen) atoms. The average molecular weight is 340 g/mol. The van der Waals surface area contributed by atoms with Gasteiger partial charge in [-0.15, -0.1) is 0 Å². The molecule has 0 aliphatic carbocycles. The van der Waals surface area contributed by atoms with Crippen LogP contribution in [0.3, 0.4) is 0 Å². The Morgan fingerprint density at radius 3 is 2.30 bits per heavy atom. The summed E-state index contributed by atoms with van der Waals surface area (Å²) >= 11 is 0. The number of nitrogens with zero attached hydrogens (tertiary/aromatic N) is 1. The molecule has 0 saturated carbocycles. The maximum absolute atomic E-state index is 13.4. The molecule has 0 heterocycles. The molecular formula is C15H14F2N2O3S. The predicted molar refractivity (Wildman–Crippen MR) is 81.2 cm³/mol. The van der Waals surface area contributed by atoms with Crippen molar-refractivity contribution < 1.29 is 22.0 Å². The van der Waals surface area contributed by atoms with Gasteiger partial charge in [0, 0.05) is 7.05 Å². The third-order valence-electron chi connectivity index (χ3n) is 3.04. The Balaban J connectivity index is 2.08. The van der Waals surface area contributed by atoms with Gasteiger partial charge in [0.2, 0.25) is 15.9 Å². The van der Waals surface area contributed by atoms with Gasteiger partial charge in [0.25, 0.3) is 0 Å². The first-order valence-corrected chi connectivity index (χ1v) is 8.01. The van der Waals surface area contributed by atoms with Gasteiger partial charge in [-0.05, 0) is 36.4 Å². The number of carbonyl (C=O) groups excluding carboxylic acids is 1. The summed E-state index contributed by atoms with van der Waals surface area (Å²) in [5.74, 6) is -1.88. The summed E-state index contributed by atoms with van der Waals surface area (Å²) in [6, 6.07) is 9.79. The van der Waals surface area contributed by atoms with Gasteiger partial charge in [0.05, 0.1) is 17.1 Å². The van der Waals surface area contributed by atoms with Crippen LogP contribution in [-0.4, -0.2) is 32.2 Å². The minimum Gasteiger partial charge on any atom is -0.322 e. The molecule has 1 N–H and O–H groups in total. The number of hydrogen-bond donors (Lipinski definition) is 1. The molecule has 2 aromatic rings. The summed E-state index contributed by atoms with van der Waals surface area (Å²) in [5, 5.41) is 2.29. The van der Waals surface area contributed by atoms with Crippen molar-refractivity contribution in [3.05, 3.63) is 60.2 Å². The van der Waals surface area contributed by atoms with Crippen LogP contribution in [0.1, 0.15) is 0 Å². The summed E-state index contributed by atoms with van der Waals surface area (Å²) in [5.41, 5.74) is -0.0370. The van der Waals surface area contributed by atoms with Crippen LogP contribution in [0, 0.1) is 11.6 Å². The Bertz CT molecular complexity index is 808. The first kappa shape index (κ1) is 17.0. The second-order valence-electron chi connectivity index (χ2n) is 4.74. The number of anilines is 1. The van der Waals surface area contributed by atoms with Crippen molar-refractivity contribution in [1.29, 1.82) is 0 Å². The smallest absolute Gasteiger partial charge is 0.243 e. The monoisotopic (exact) mass is 340 g/mol. The number of nitrogens with one attached hydrogen (secondary N) is 1. The van der Waals surface area contributed by atoms with E-state index >= 15 is 0 Å². The molecule has 0 aliphatic rings. The van der Waals surface area contributed by atoms with Crippen molar-refractivity contribution in [2.45, 2.75) is 4.90 Å². The third-order valence-corrected chi connectivity index (χ3v) is 4.85. The normalized spacial score (nSPS) is 11.5. The molecule has 0 saturated heterocycles. The van der Waals surface area contributed by atoms with Gasteiger partial charge in [-0.1, -0.05) is 12.1 Å². The number of amides is 1. The minimum absolute atomic E-state index is 0.0370. The Morgan fingerprint density at radius 2 is 1.70 bits per heavy atom. The van der Waals surface area contributed by atoms with E-state index in [9.17, 15) is 22.0 Å². The molecule has 0 atom stereocenters. The van der Waals surface area contributed by atoms with E-state index in [1.807, 2.05) is 0 Å². The molecule has 8 heteroatoms. The second kappa shape index (κ2) is 6.84. The van der Waals surface area contributed by atoms with Crippen molar-refractivity contribution in [1.82, 2.24) is 4.31 Å². The average Bonchev–Trinajstić information content (AvgIpc) is 2.50. The highest BCUT2D eigenvalue weighted by molar-refractivity contribution is 7.89. The summed E-state index contributed by atoms with van der Waals surface area (Å²) < 4.78 is 51.6. The van der Waals surface area contributed by atoms with Crippen LogP contribution in [0.25, 0.3) is 0 Å². The summed E-state index contributed by atoms with van der Waals surface area (Å²) in [4.78, 5) is 11.7. The molecule has 0 spiro atoms. The fraction of sp³-hybridized carbons (Fsp3) is 0.133. The van der Waals surface area contributed by atoms with Crippen molar-refractivity contribution in [2.75, 3.05) is 18.9 Å². The molecule has 5 nitrogen and oxygen atoms in total. The highest BCUT2D eigenvalue weighted by atomic mass is 32.2. The number of halogens is 2. The molecule has 0 radical (unpaired) electrons. The molecule has 2 aromatic carbocycles. The standard InChI is InChI=1S/C15H14F2N2O3S/c1-19(23(21,22)12-8-6-11(16)7-9-12)10-15(20)18-14-5-3-2-4-13(14)17/h2-9H,10H2,1H3,(H,18,20). The van der Waals surface area contributed by atoms with E-state index in [0.717, 1.165) is 28.6 Å². The van der Waals surface area contributed by atoms with Crippen LogP contribution in [0.4, 0.5) is 14.5 Å². The van der Waals surface area contributed by atoms with Gasteiger partial charge in [-0.2, -0.15) is 4.31 Å². The van der Waals surface area contributed by atoms with Crippen molar-refractivity contribution >= 4 is 21.6 Å². The Kier molecular flexibility index (Phi) is 5.07. The highest BCUT2D eigenvalue weighted by Crippen LogP contribution is 2.16. The number of para-hydroxylation sites is 1. The van der Waals surface area contributed by atoms with Crippen LogP contribution < -0.4 is 5.32 Å². The van der Waals surface area contributed by atoms with Crippen LogP contribution in [-0.2, 0) is 14.8 Å². The predicted octanol–water partition coefficient (Wildman–Crippen LogP) is 2.22. The lowest BCUT2D eigenvalue weighted by atomic mass is 10.3. The van der Waals surface area contributed by atoms with Crippen LogP contribution in [0.2, 0.25) is 0 Å². The van der Waals surface area contributed by atoms with Gasteiger partial charge in [-0.25, -0.2) is 17.2 Å². The molecule has 0 aliphatic heterocycles. The van der Waals surface area contributed by atoms with E-state index in [2.05, 4.69) is 5.32 Å². The van der Waals surface area contributed by atoms with Crippen LogP contribution in [0.15, 0.2) is 53.4 Å². The quantitative estimate of drug-likeness (QED) is 0.908. The van der Waals surface area contributed by atoms with Crippen molar-refractivity contribution in [3.63, 3.8) is 0 Å². The molecule has 122 valence electrons. The van der Waals surface area contributed by atoms with Crippen LogP contribution >= 0.6 is 0 Å². The first-order valence-electron chi connectivity index (χ1n) is 6.57. The number of rotatable bonds is 5. The molecule has 0 fully saturated rings. The number of benzene rings is 2. The summed E-state index contributed by atoms with van der Waals surface area (Å²) in [6.07, 6.45) is 0. The molecule has 0 bridgehead atoms. The number of carbonyl (C=O) groups is 1. The molecule has 0 aromatic heterocycles. The number of hydrogen-bond acceptors (Lipinski definition) is 3. The zero-order valence-corrected chi connectivity index (χ0v) is 13.0. The lowest BCUT2D eigenvalue weighted by Crippen LogP contribution is -2.35. The topological polar surface area (TPSA) is 66.5 Å². The Morgan fingerprint density at radius 1 is 1.09 bits per heavy atom. The van der Waals surface area contributed by atoms with E-state index in [-0.39, 0.29) is 10.6 Å². The zero-order valence-electron chi connectivity index (χ0n) is 12.2. The Labute approximate surface area is 132 Å². The molecular weight excluding hydrogens is 326 g/mol. The number of likely N-dealkylation sites (N-methyl/N-ethyl adjacent to an activating group) is 1. The minimum atomic E-state index is -3.94. The maximum atomic E-state index is 13.4. The van der Waals surface area contributed by atoms with E-state index in [1.165, 1.54) is 31.3 Å². The van der Waals surface area contributed by atoms with E-state index in [4.69, 9.17) is 0 Å². The highest BCUT2D eigenvalue weighted by Gasteiger charge is 2.23. The fourth-order valence-corrected chi connectivity index (χ4v) is 2.95. The van der Waals surface area contributed by atoms with Crippen molar-refractivity contribution in [2.24, 2.45) is 0 Å². The fourth-order valence-electron chi connectivity index (χ4n) is 1.83.